The summed E-state index contributed by atoms with van der Waals surface area (Å²) < 4.78 is 0. The Bertz CT molecular complexity index is 116. The van der Waals surface area contributed by atoms with Gasteiger partial charge in [-0.1, -0.05) is 25.5 Å². The van der Waals surface area contributed by atoms with Gasteiger partial charge in [-0.2, -0.15) is 0 Å². The van der Waals surface area contributed by atoms with Gasteiger partial charge in [0.05, 0.1) is 0 Å². The van der Waals surface area contributed by atoms with E-state index in [1.165, 1.54) is 26.1 Å². The molecule has 0 bridgehead atoms. The summed E-state index contributed by atoms with van der Waals surface area (Å²) in [6.07, 6.45) is 3.58. The SMILES string of the molecule is CCC1=CCN(CC)C1. The molecule has 1 heteroatoms. The summed E-state index contributed by atoms with van der Waals surface area (Å²) in [6.45, 7) is 8.03. The summed E-state index contributed by atoms with van der Waals surface area (Å²) >= 11 is 0. The molecule has 0 unspecified atom stereocenters. The van der Waals surface area contributed by atoms with Crippen LogP contribution in [-0.2, 0) is 0 Å². The Morgan fingerprint density at radius 2 is 2.33 bits per heavy atom. The highest BCUT2D eigenvalue weighted by Gasteiger charge is 2.08. The van der Waals surface area contributed by atoms with E-state index in [1.54, 1.807) is 5.57 Å². The third kappa shape index (κ3) is 1.55. The summed E-state index contributed by atoms with van der Waals surface area (Å²) in [5.41, 5.74) is 1.61. The molecule has 1 nitrogen and oxygen atoms in total. The van der Waals surface area contributed by atoms with Gasteiger partial charge < -0.3 is 0 Å². The third-order valence-corrected chi connectivity index (χ3v) is 1.97. The van der Waals surface area contributed by atoms with Crippen molar-refractivity contribution < 1.29 is 0 Å². The monoisotopic (exact) mass is 125 g/mol. The molecule has 0 spiro atoms. The number of hydrogen-bond donors (Lipinski definition) is 0. The Balaban J connectivity index is 2.31. The lowest BCUT2D eigenvalue weighted by molar-refractivity contribution is 0.367. The van der Waals surface area contributed by atoms with Crippen LogP contribution in [0.25, 0.3) is 0 Å². The van der Waals surface area contributed by atoms with Crippen LogP contribution in [0.1, 0.15) is 20.3 Å². The highest BCUT2D eigenvalue weighted by Crippen LogP contribution is 2.10. The minimum atomic E-state index is 1.18. The van der Waals surface area contributed by atoms with Crippen molar-refractivity contribution >= 4 is 0 Å². The molecular formula is C8H15N. The quantitative estimate of drug-likeness (QED) is 0.507. The van der Waals surface area contributed by atoms with Crippen LogP contribution in [0, 0.1) is 0 Å². The van der Waals surface area contributed by atoms with Crippen molar-refractivity contribution in [3.05, 3.63) is 11.6 Å². The summed E-state index contributed by atoms with van der Waals surface area (Å²) in [6, 6.07) is 0. The summed E-state index contributed by atoms with van der Waals surface area (Å²) in [5.74, 6) is 0. The minimum absolute atomic E-state index is 1.18. The largest absolute Gasteiger partial charge is 0.296 e. The third-order valence-electron chi connectivity index (χ3n) is 1.97. The number of hydrogen-bond acceptors (Lipinski definition) is 1. The van der Waals surface area contributed by atoms with Crippen LogP contribution in [0.15, 0.2) is 11.6 Å². The Morgan fingerprint density at radius 1 is 1.56 bits per heavy atom. The van der Waals surface area contributed by atoms with Crippen LogP contribution in [0.2, 0.25) is 0 Å². The molecule has 0 radical (unpaired) electrons. The van der Waals surface area contributed by atoms with Crippen LogP contribution < -0.4 is 0 Å². The van der Waals surface area contributed by atoms with Crippen molar-refractivity contribution in [3.8, 4) is 0 Å². The van der Waals surface area contributed by atoms with Crippen molar-refractivity contribution in [1.82, 2.24) is 4.90 Å². The van der Waals surface area contributed by atoms with Gasteiger partial charge in [-0.15, -0.1) is 0 Å². The average molecular weight is 125 g/mol. The smallest absolute Gasteiger partial charge is 0.0196 e. The van der Waals surface area contributed by atoms with Gasteiger partial charge in [-0.3, -0.25) is 4.90 Å². The first kappa shape index (κ1) is 6.81. The zero-order chi connectivity index (χ0) is 6.69. The van der Waals surface area contributed by atoms with Crippen molar-refractivity contribution in [2.45, 2.75) is 20.3 Å². The lowest BCUT2D eigenvalue weighted by Gasteiger charge is -2.10. The molecule has 0 saturated carbocycles. The molecular weight excluding hydrogens is 110 g/mol. The molecule has 0 fully saturated rings. The number of rotatable bonds is 2. The van der Waals surface area contributed by atoms with Crippen LogP contribution in [0.4, 0.5) is 0 Å². The van der Waals surface area contributed by atoms with Crippen molar-refractivity contribution in [3.63, 3.8) is 0 Å². The first-order valence-corrected chi connectivity index (χ1v) is 3.77. The van der Waals surface area contributed by atoms with Crippen LogP contribution in [0.3, 0.4) is 0 Å². The van der Waals surface area contributed by atoms with Gasteiger partial charge in [0.25, 0.3) is 0 Å². The topological polar surface area (TPSA) is 3.24 Å². The average Bonchev–Trinajstić information content (AvgIpc) is 2.34. The Morgan fingerprint density at radius 3 is 2.67 bits per heavy atom. The van der Waals surface area contributed by atoms with Gasteiger partial charge in [0, 0.05) is 13.1 Å². The van der Waals surface area contributed by atoms with Crippen LogP contribution in [0.5, 0.6) is 0 Å². The van der Waals surface area contributed by atoms with Gasteiger partial charge in [0.2, 0.25) is 0 Å². The van der Waals surface area contributed by atoms with E-state index in [0.717, 1.165) is 0 Å². The molecule has 0 atom stereocenters. The van der Waals surface area contributed by atoms with Crippen LogP contribution in [-0.4, -0.2) is 24.5 Å². The van der Waals surface area contributed by atoms with Crippen molar-refractivity contribution in [2.75, 3.05) is 19.6 Å². The summed E-state index contributed by atoms with van der Waals surface area (Å²) in [4.78, 5) is 2.44. The fourth-order valence-corrected chi connectivity index (χ4v) is 1.17. The van der Waals surface area contributed by atoms with Gasteiger partial charge in [-0.25, -0.2) is 0 Å². The molecule has 1 heterocycles. The predicted octanol–water partition coefficient (Wildman–Crippen LogP) is 1.66. The predicted molar refractivity (Wildman–Crippen MR) is 40.5 cm³/mol. The molecule has 0 aromatic heterocycles. The van der Waals surface area contributed by atoms with E-state index in [4.69, 9.17) is 0 Å². The first-order chi connectivity index (χ1) is 4.36. The van der Waals surface area contributed by atoms with Crippen molar-refractivity contribution in [1.29, 1.82) is 0 Å². The molecule has 52 valence electrons. The van der Waals surface area contributed by atoms with Gasteiger partial charge in [0.1, 0.15) is 0 Å². The van der Waals surface area contributed by atoms with E-state index < -0.39 is 0 Å². The molecule has 1 aliphatic rings. The summed E-state index contributed by atoms with van der Waals surface area (Å²) in [5, 5.41) is 0. The Kier molecular flexibility index (Phi) is 2.29. The summed E-state index contributed by atoms with van der Waals surface area (Å²) in [7, 11) is 0. The van der Waals surface area contributed by atoms with Gasteiger partial charge in [-0.05, 0) is 13.0 Å². The maximum atomic E-state index is 2.44. The van der Waals surface area contributed by atoms with Crippen molar-refractivity contribution in [2.24, 2.45) is 0 Å². The molecule has 0 aromatic rings. The fraction of sp³-hybridized carbons (Fsp3) is 0.750. The zero-order valence-corrected chi connectivity index (χ0v) is 6.35. The molecule has 0 saturated heterocycles. The Hall–Kier alpha value is -0.300. The maximum absolute atomic E-state index is 2.44. The lowest BCUT2D eigenvalue weighted by atomic mass is 10.2. The second-order valence-corrected chi connectivity index (χ2v) is 2.54. The van der Waals surface area contributed by atoms with Gasteiger partial charge in [0.15, 0.2) is 0 Å². The fourth-order valence-electron chi connectivity index (χ4n) is 1.17. The molecule has 1 aliphatic heterocycles. The lowest BCUT2D eigenvalue weighted by Crippen LogP contribution is -2.19. The van der Waals surface area contributed by atoms with Crippen LogP contribution >= 0.6 is 0 Å². The molecule has 0 aliphatic carbocycles. The van der Waals surface area contributed by atoms with E-state index in [0.29, 0.717) is 0 Å². The second kappa shape index (κ2) is 3.02. The highest BCUT2D eigenvalue weighted by molar-refractivity contribution is 5.10. The minimum Gasteiger partial charge on any atom is -0.296 e. The zero-order valence-electron chi connectivity index (χ0n) is 6.35. The van der Waals surface area contributed by atoms with Gasteiger partial charge >= 0.3 is 0 Å². The first-order valence-electron chi connectivity index (χ1n) is 3.77. The standard InChI is InChI=1S/C8H15N/c1-3-8-5-6-9(4-2)7-8/h5H,3-4,6-7H2,1-2H3. The Labute approximate surface area is 57.4 Å². The van der Waals surface area contributed by atoms with E-state index in [-0.39, 0.29) is 0 Å². The maximum Gasteiger partial charge on any atom is 0.0196 e. The van der Waals surface area contributed by atoms with E-state index in [2.05, 4.69) is 24.8 Å². The number of likely N-dealkylation sites (N-methyl/N-ethyl adjacent to an activating group) is 1. The molecule has 9 heavy (non-hydrogen) atoms. The molecule has 0 amide bonds. The normalized spacial score (nSPS) is 20.4. The van der Waals surface area contributed by atoms with E-state index in [1.807, 2.05) is 0 Å². The van der Waals surface area contributed by atoms with E-state index >= 15 is 0 Å². The number of nitrogens with zero attached hydrogens (tertiary/aromatic N) is 1. The molecule has 1 rings (SSSR count). The highest BCUT2D eigenvalue weighted by atomic mass is 15.1. The van der Waals surface area contributed by atoms with E-state index in [9.17, 15) is 0 Å². The molecule has 0 aromatic carbocycles. The second-order valence-electron chi connectivity index (χ2n) is 2.54. The molecule has 0 N–H and O–H groups in total.